The van der Waals surface area contributed by atoms with E-state index in [9.17, 15) is 23.1 Å². The fraction of sp³-hybridized carbons (Fsp3) is 0.276. The molecule has 0 bridgehead atoms. The molecular formula is C29H31N4O5S+. The first-order chi connectivity index (χ1) is 18.3. The summed E-state index contributed by atoms with van der Waals surface area (Å²) in [7, 11) is 0.0384. The second-order valence-corrected chi connectivity index (χ2v) is 11.9. The lowest BCUT2D eigenvalue weighted by atomic mass is 9.91. The molecule has 3 aromatic carbocycles. The third-order valence-corrected chi connectivity index (χ3v) is 9.23. The molecule has 2 aliphatic rings. The number of quaternary nitrogens is 1. The van der Waals surface area contributed by atoms with E-state index in [1.165, 1.54) is 0 Å². The van der Waals surface area contributed by atoms with Gasteiger partial charge in [-0.2, -0.15) is 4.99 Å². The normalized spacial score (nSPS) is 21.5. The Labute approximate surface area is 227 Å². The Hall–Kier alpha value is -3.86. The lowest BCUT2D eigenvalue weighted by Gasteiger charge is -2.39. The van der Waals surface area contributed by atoms with Gasteiger partial charge in [-0.1, -0.05) is 62.4 Å². The van der Waals surface area contributed by atoms with E-state index in [4.69, 9.17) is 10.1 Å². The molecule has 202 valence electrons. The smallest absolute Gasteiger partial charge is 0.268 e. The van der Waals surface area contributed by atoms with Crippen molar-refractivity contribution in [1.29, 1.82) is 0 Å². The van der Waals surface area contributed by atoms with E-state index in [-0.39, 0.29) is 10.5 Å². The molecule has 9 nitrogen and oxygen atoms in total. The average Bonchev–Trinajstić information content (AvgIpc) is 3.19. The standard InChI is InChI=1S/C29H30N4O5S/c1-6-22-31-24-16(2)28(39(30,37)38)17(3)32(4)29(24)33(22,5)15-18-11-13-19(14-12-18)20-9-7-8-10-21(20)23-25(34)27(36)26(23)35/h7-14,16H,6,15H2,1-5H3,(H2-,30,34,35,37,38)/p+1. The van der Waals surface area contributed by atoms with Gasteiger partial charge in [0.25, 0.3) is 5.43 Å². The number of aromatic hydroxyl groups is 1. The molecule has 0 spiro atoms. The zero-order valence-corrected chi connectivity index (χ0v) is 23.3. The summed E-state index contributed by atoms with van der Waals surface area (Å²) in [6.45, 7) is 6.23. The van der Waals surface area contributed by atoms with Gasteiger partial charge in [0.15, 0.2) is 5.75 Å². The highest BCUT2D eigenvalue weighted by atomic mass is 32.2. The van der Waals surface area contributed by atoms with Gasteiger partial charge in [0.05, 0.1) is 17.5 Å². The van der Waals surface area contributed by atoms with Crippen LogP contribution in [0, 0.1) is 5.92 Å². The van der Waals surface area contributed by atoms with E-state index in [1.54, 1.807) is 19.1 Å². The van der Waals surface area contributed by atoms with Gasteiger partial charge < -0.3 is 10.0 Å². The van der Waals surface area contributed by atoms with Gasteiger partial charge in [-0.15, -0.1) is 0 Å². The van der Waals surface area contributed by atoms with Crippen molar-refractivity contribution < 1.29 is 18.0 Å². The van der Waals surface area contributed by atoms with Gasteiger partial charge >= 0.3 is 0 Å². The first-order valence-electron chi connectivity index (χ1n) is 12.7. The van der Waals surface area contributed by atoms with Crippen LogP contribution in [0.1, 0.15) is 32.8 Å². The number of nitrogens with zero attached hydrogens (tertiary/aromatic N) is 3. The summed E-state index contributed by atoms with van der Waals surface area (Å²) in [5.74, 6) is 0.895. The van der Waals surface area contributed by atoms with E-state index in [2.05, 4.69) is 7.05 Å². The summed E-state index contributed by atoms with van der Waals surface area (Å²) in [4.78, 5) is 30.7. The maximum atomic E-state index is 12.4. The minimum Gasteiger partial charge on any atom is -0.503 e. The minimum atomic E-state index is -3.90. The summed E-state index contributed by atoms with van der Waals surface area (Å²) in [5, 5.41) is 15.6. The fourth-order valence-electron chi connectivity index (χ4n) is 6.01. The molecule has 2 atom stereocenters. The molecular weight excluding hydrogens is 516 g/mol. The van der Waals surface area contributed by atoms with Crippen LogP contribution in [0.4, 0.5) is 0 Å². The topological polar surface area (TPSA) is 130 Å². The van der Waals surface area contributed by atoms with Crippen LogP contribution < -0.4 is 16.0 Å². The number of hydrogen-bond donors (Lipinski definition) is 2. The van der Waals surface area contributed by atoms with Crippen molar-refractivity contribution in [3.8, 4) is 28.0 Å². The Morgan fingerprint density at radius 3 is 2.23 bits per heavy atom. The third-order valence-electron chi connectivity index (χ3n) is 7.96. The number of aliphatic imine (C=N–C) groups is 1. The summed E-state index contributed by atoms with van der Waals surface area (Å²) >= 11 is 0. The van der Waals surface area contributed by atoms with Gasteiger partial charge in [0, 0.05) is 30.6 Å². The zero-order valence-electron chi connectivity index (χ0n) is 22.5. The minimum absolute atomic E-state index is 0.0508. The first kappa shape index (κ1) is 26.7. The average molecular weight is 548 g/mol. The summed E-state index contributed by atoms with van der Waals surface area (Å²) < 4.78 is 25.2. The second-order valence-electron chi connectivity index (χ2n) is 10.3. The quantitative estimate of drug-likeness (QED) is 0.360. The van der Waals surface area contributed by atoms with Gasteiger partial charge in [-0.05, 0) is 23.6 Å². The Morgan fingerprint density at radius 2 is 1.67 bits per heavy atom. The molecule has 10 heteroatoms. The van der Waals surface area contributed by atoms with Crippen molar-refractivity contribution in [2.45, 2.75) is 33.7 Å². The van der Waals surface area contributed by atoms with Crippen LogP contribution in [0.3, 0.4) is 0 Å². The molecule has 39 heavy (non-hydrogen) atoms. The summed E-state index contributed by atoms with van der Waals surface area (Å²) in [6.07, 6.45) is 0.685. The maximum absolute atomic E-state index is 12.4. The van der Waals surface area contributed by atoms with Crippen molar-refractivity contribution in [3.63, 3.8) is 0 Å². The number of rotatable bonds is 6. The van der Waals surface area contributed by atoms with Crippen LogP contribution in [-0.4, -0.2) is 42.8 Å². The highest BCUT2D eigenvalue weighted by Crippen LogP contribution is 2.45. The Kier molecular flexibility index (Phi) is 6.25. The van der Waals surface area contributed by atoms with Gasteiger partial charge in [-0.25, -0.2) is 18.0 Å². The van der Waals surface area contributed by atoms with Gasteiger partial charge in [0.1, 0.15) is 12.2 Å². The molecule has 3 N–H and O–H groups in total. The van der Waals surface area contributed by atoms with Crippen molar-refractivity contribution >= 4 is 15.9 Å². The van der Waals surface area contributed by atoms with E-state index >= 15 is 0 Å². The van der Waals surface area contributed by atoms with Crippen molar-refractivity contribution in [1.82, 2.24) is 4.90 Å². The number of hydrogen-bond acceptors (Lipinski definition) is 7. The van der Waals surface area contributed by atoms with Crippen LogP contribution in [0.25, 0.3) is 22.3 Å². The van der Waals surface area contributed by atoms with Crippen LogP contribution in [-0.2, 0) is 16.6 Å². The molecule has 5 rings (SSSR count). The molecule has 2 aliphatic heterocycles. The van der Waals surface area contributed by atoms with Crippen molar-refractivity contribution in [2.24, 2.45) is 16.0 Å². The molecule has 2 heterocycles. The molecule has 0 saturated carbocycles. The number of benzene rings is 2. The predicted octanol–water partition coefficient (Wildman–Crippen LogP) is 3.36. The van der Waals surface area contributed by atoms with E-state index < -0.39 is 32.5 Å². The number of amidine groups is 1. The third kappa shape index (κ3) is 3.98. The number of sulfonamides is 1. The lowest BCUT2D eigenvalue weighted by Crippen LogP contribution is -2.50. The fourth-order valence-corrected chi connectivity index (χ4v) is 7.17. The summed E-state index contributed by atoms with van der Waals surface area (Å²) in [6, 6.07) is 15.1. The van der Waals surface area contributed by atoms with E-state index in [0.29, 0.717) is 34.4 Å². The lowest BCUT2D eigenvalue weighted by molar-refractivity contribution is -0.803. The predicted molar refractivity (Wildman–Crippen MR) is 151 cm³/mol. The number of nitrogens with two attached hydrogens (primary N) is 1. The largest absolute Gasteiger partial charge is 0.503 e. The maximum Gasteiger partial charge on any atom is 0.268 e. The second kappa shape index (κ2) is 9.11. The molecule has 0 radical (unpaired) electrons. The molecule has 3 aromatic rings. The monoisotopic (exact) mass is 547 g/mol. The highest BCUT2D eigenvalue weighted by molar-refractivity contribution is 7.93. The molecule has 0 aromatic heterocycles. The summed E-state index contributed by atoms with van der Waals surface area (Å²) in [5.41, 5.74) is 2.95. The van der Waals surface area contributed by atoms with Gasteiger partial charge in [-0.3, -0.25) is 9.59 Å². The first-order valence-corrected chi connectivity index (χ1v) is 14.2. The SMILES string of the molecule is CCC1=NC2=C(N(C)C(C)=C(S(N)(=O)=O)C2C)[N+]1(C)Cc1ccc(-c2ccccc2-c2c(O)c(=O)c2=O)cc1. The van der Waals surface area contributed by atoms with E-state index in [0.717, 1.165) is 28.3 Å². The van der Waals surface area contributed by atoms with Crippen LogP contribution in [0.15, 0.2) is 85.2 Å². The molecule has 0 saturated heterocycles. The Morgan fingerprint density at radius 1 is 1.05 bits per heavy atom. The van der Waals surface area contributed by atoms with Crippen LogP contribution in [0.5, 0.6) is 5.75 Å². The molecule has 0 aliphatic carbocycles. The van der Waals surface area contributed by atoms with Crippen LogP contribution in [0.2, 0.25) is 0 Å². The van der Waals surface area contributed by atoms with Crippen molar-refractivity contribution in [3.05, 3.63) is 96.7 Å². The Balaban J connectivity index is 1.51. The highest BCUT2D eigenvalue weighted by Gasteiger charge is 2.49. The van der Waals surface area contributed by atoms with Crippen LogP contribution >= 0.6 is 0 Å². The number of allylic oxidation sites excluding steroid dienone is 2. The van der Waals surface area contributed by atoms with Gasteiger partial charge in [0.2, 0.25) is 27.1 Å². The molecule has 0 amide bonds. The molecule has 0 fully saturated rings. The zero-order chi connectivity index (χ0) is 28.4. The molecule has 2 unspecified atom stereocenters. The Bertz CT molecular complexity index is 1790. The number of primary sulfonamides is 1. The van der Waals surface area contributed by atoms with Crippen molar-refractivity contribution in [2.75, 3.05) is 14.1 Å². The van der Waals surface area contributed by atoms with E-state index in [1.807, 2.05) is 62.2 Å².